The first-order valence-electron chi connectivity index (χ1n) is 8.12. The topological polar surface area (TPSA) is 102 Å². The van der Waals surface area contributed by atoms with Crippen molar-refractivity contribution in [2.45, 2.75) is 30.8 Å². The molecule has 11 heteroatoms. The number of amides is 2. The molecular formula is C16H17BN2O6S2. The van der Waals surface area contributed by atoms with Crippen LogP contribution in [0.1, 0.15) is 11.8 Å². The summed E-state index contributed by atoms with van der Waals surface area (Å²) in [5.41, 5.74) is 0.468. The fraction of sp³-hybridized carbons (Fsp3) is 0.375. The van der Waals surface area contributed by atoms with Crippen LogP contribution in [0.4, 0.5) is 0 Å². The first-order valence-corrected chi connectivity index (χ1v) is 9.94. The summed E-state index contributed by atoms with van der Waals surface area (Å²) in [6.45, 7) is 1.16. The molecule has 0 aromatic carbocycles. The third kappa shape index (κ3) is 4.03. The van der Waals surface area contributed by atoms with Crippen molar-refractivity contribution in [3.05, 3.63) is 33.4 Å². The molecule has 1 saturated heterocycles. The molecule has 1 N–H and O–H groups in total. The van der Waals surface area contributed by atoms with E-state index in [9.17, 15) is 19.2 Å². The van der Waals surface area contributed by atoms with Crippen molar-refractivity contribution in [2.24, 2.45) is 0 Å². The van der Waals surface area contributed by atoms with Crippen LogP contribution in [0.2, 0.25) is 0 Å². The van der Waals surface area contributed by atoms with Crippen LogP contribution in [0, 0.1) is 0 Å². The summed E-state index contributed by atoms with van der Waals surface area (Å²) in [5, 5.41) is 5.90. The Kier molecular flexibility index (Phi) is 5.90. The zero-order valence-electron chi connectivity index (χ0n) is 14.7. The van der Waals surface area contributed by atoms with Gasteiger partial charge in [0.2, 0.25) is 11.8 Å². The predicted octanol–water partition coefficient (Wildman–Crippen LogP) is -0.403. The second-order valence-corrected chi connectivity index (χ2v) is 8.00. The quantitative estimate of drug-likeness (QED) is 0.388. The number of ether oxygens (including phenoxy) is 1. The fourth-order valence-electron chi connectivity index (χ4n) is 2.91. The van der Waals surface area contributed by atoms with Gasteiger partial charge in [0.25, 0.3) is 0 Å². The molecule has 3 heterocycles. The van der Waals surface area contributed by atoms with Crippen LogP contribution >= 0.6 is 23.1 Å². The van der Waals surface area contributed by atoms with Crippen molar-refractivity contribution in [2.75, 3.05) is 6.61 Å². The number of carbonyl (C=O) groups excluding carboxylic acids is 4. The Morgan fingerprint density at radius 1 is 1.37 bits per heavy atom. The fourth-order valence-corrected chi connectivity index (χ4v) is 4.82. The van der Waals surface area contributed by atoms with Crippen LogP contribution < -0.4 is 5.32 Å². The van der Waals surface area contributed by atoms with E-state index in [0.29, 0.717) is 5.57 Å². The van der Waals surface area contributed by atoms with Crippen molar-refractivity contribution in [1.29, 1.82) is 0 Å². The molecular weight excluding hydrogens is 391 g/mol. The molecule has 1 aromatic rings. The highest BCUT2D eigenvalue weighted by Crippen LogP contribution is 2.40. The predicted molar refractivity (Wildman–Crippen MR) is 101 cm³/mol. The van der Waals surface area contributed by atoms with Gasteiger partial charge in [0.1, 0.15) is 18.0 Å². The highest BCUT2D eigenvalue weighted by Gasteiger charge is 2.56. The number of nitrogens with one attached hydrogen (secondary N) is 1. The molecule has 3 rings (SSSR count). The van der Waals surface area contributed by atoms with Crippen molar-refractivity contribution in [3.63, 3.8) is 0 Å². The number of fused-ring (bicyclic) bond motifs is 1. The van der Waals surface area contributed by atoms with Gasteiger partial charge < -0.3 is 19.6 Å². The van der Waals surface area contributed by atoms with E-state index in [1.54, 1.807) is 5.41 Å². The van der Waals surface area contributed by atoms with Gasteiger partial charge in [-0.2, -0.15) is 0 Å². The minimum Gasteiger partial charge on any atom is -0.542 e. The lowest BCUT2D eigenvalue weighted by Gasteiger charge is -2.51. The zero-order valence-corrected chi connectivity index (χ0v) is 16.3. The minimum atomic E-state index is -0.960. The molecule has 0 spiro atoms. The lowest BCUT2D eigenvalue weighted by molar-refractivity contribution is -0.159. The van der Waals surface area contributed by atoms with Crippen molar-refractivity contribution < 1.29 is 28.6 Å². The highest BCUT2D eigenvalue weighted by atomic mass is 32.2. The van der Waals surface area contributed by atoms with Crippen LogP contribution in [0.3, 0.4) is 0 Å². The Balaban J connectivity index is 1.70. The minimum absolute atomic E-state index is 0.103. The molecule has 2 aliphatic rings. The molecule has 0 saturated carbocycles. The lowest BCUT2D eigenvalue weighted by atomic mass is 9.98. The van der Waals surface area contributed by atoms with E-state index in [1.165, 1.54) is 43.0 Å². The summed E-state index contributed by atoms with van der Waals surface area (Å²) in [6, 6.07) is 2.04. The van der Waals surface area contributed by atoms with Gasteiger partial charge in [0, 0.05) is 17.4 Å². The van der Waals surface area contributed by atoms with Crippen molar-refractivity contribution in [1.82, 2.24) is 10.2 Å². The van der Waals surface area contributed by atoms with E-state index in [4.69, 9.17) is 9.39 Å². The number of carbonyl (C=O) groups is 4. The Morgan fingerprint density at radius 3 is 2.78 bits per heavy atom. The Hall–Kier alpha value is -2.27. The molecule has 2 amide bonds. The number of thioether (sulfide) groups is 1. The molecule has 0 bridgehead atoms. The normalized spacial score (nSPS) is 23.6. The van der Waals surface area contributed by atoms with E-state index in [2.05, 4.69) is 5.32 Å². The van der Waals surface area contributed by atoms with Gasteiger partial charge in [0.05, 0.1) is 6.42 Å². The first kappa shape index (κ1) is 19.5. The molecule has 3 atom stereocenters. The average molecular weight is 408 g/mol. The number of β-lactam (4-membered cyclic amide) rings is 1. The van der Waals surface area contributed by atoms with E-state index in [1.807, 2.05) is 17.5 Å². The summed E-state index contributed by atoms with van der Waals surface area (Å²) >= 11 is 2.77. The van der Waals surface area contributed by atoms with E-state index >= 15 is 0 Å². The standard InChI is InChI=1S/C16H17BN2O6S2/c1-8(20)24-6-9-7-27-15-12(14(22)19(15)13(9)16(23)25-17)18-11(21)5-10-3-2-4-26-10/h2-4,7,12-13,15H,5-6,17H2,1H3,(H,18,21)/t12-,13-,15-/m1/s1. The summed E-state index contributed by atoms with van der Waals surface area (Å²) in [4.78, 5) is 50.3. The largest absolute Gasteiger partial charge is 0.542 e. The molecule has 1 fully saturated rings. The molecule has 0 aliphatic carbocycles. The van der Waals surface area contributed by atoms with Gasteiger partial charge in [-0.15, -0.1) is 23.1 Å². The summed E-state index contributed by atoms with van der Waals surface area (Å²) in [7, 11) is 1.23. The molecule has 2 aliphatic heterocycles. The van der Waals surface area contributed by atoms with Crippen molar-refractivity contribution >= 4 is 54.9 Å². The van der Waals surface area contributed by atoms with Crippen LogP contribution in [0.15, 0.2) is 28.5 Å². The van der Waals surface area contributed by atoms with E-state index in [0.717, 1.165) is 4.88 Å². The van der Waals surface area contributed by atoms with Gasteiger partial charge >= 0.3 is 20.0 Å². The highest BCUT2D eigenvalue weighted by molar-refractivity contribution is 8.02. The lowest BCUT2D eigenvalue weighted by Crippen LogP contribution is -2.74. The molecule has 0 unspecified atom stereocenters. The maximum Gasteiger partial charge on any atom is 0.326 e. The average Bonchev–Trinajstić information content (AvgIpc) is 3.15. The number of esters is 1. The Bertz CT molecular complexity index is 797. The van der Waals surface area contributed by atoms with Gasteiger partial charge in [-0.3, -0.25) is 19.2 Å². The smallest absolute Gasteiger partial charge is 0.326 e. The SMILES string of the molecule is BOC(=O)[C@H]1C(COC(C)=O)=CS[C@@H]2[C@H](NC(=O)Cc3cccs3)C(=O)N12. The Labute approximate surface area is 164 Å². The molecule has 0 radical (unpaired) electrons. The maximum absolute atomic E-state index is 12.6. The van der Waals surface area contributed by atoms with Crippen LogP contribution in [-0.4, -0.2) is 60.8 Å². The van der Waals surface area contributed by atoms with Gasteiger partial charge in [-0.1, -0.05) is 6.07 Å². The molecule has 142 valence electrons. The Morgan fingerprint density at radius 2 is 2.15 bits per heavy atom. The van der Waals surface area contributed by atoms with Crippen LogP contribution in [0.25, 0.3) is 0 Å². The number of hydrogen-bond donors (Lipinski definition) is 1. The first-order chi connectivity index (χ1) is 12.9. The van der Waals surface area contributed by atoms with Gasteiger partial charge in [-0.25, -0.2) is 0 Å². The third-order valence-electron chi connectivity index (χ3n) is 4.17. The molecule has 8 nitrogen and oxygen atoms in total. The van der Waals surface area contributed by atoms with Crippen molar-refractivity contribution in [3.8, 4) is 0 Å². The number of thiophene rings is 1. The number of hydrogen-bond acceptors (Lipinski definition) is 8. The number of nitrogens with zero attached hydrogens (tertiary/aromatic N) is 1. The second-order valence-electron chi connectivity index (χ2n) is 5.97. The number of rotatable bonds is 6. The van der Waals surface area contributed by atoms with Crippen LogP contribution in [-0.2, 0) is 35.0 Å². The summed E-state index contributed by atoms with van der Waals surface area (Å²) in [5.74, 6) is -1.72. The molecule has 1 aromatic heterocycles. The zero-order chi connectivity index (χ0) is 19.6. The third-order valence-corrected chi connectivity index (χ3v) is 6.26. The molecule has 27 heavy (non-hydrogen) atoms. The van der Waals surface area contributed by atoms with E-state index in [-0.39, 0.29) is 24.8 Å². The monoisotopic (exact) mass is 408 g/mol. The maximum atomic E-state index is 12.6. The van der Waals surface area contributed by atoms with Crippen LogP contribution in [0.5, 0.6) is 0 Å². The van der Waals surface area contributed by atoms with E-state index < -0.39 is 29.4 Å². The van der Waals surface area contributed by atoms with Gasteiger partial charge in [0.15, 0.2) is 6.04 Å². The summed E-state index contributed by atoms with van der Waals surface area (Å²) in [6.07, 6.45) is 0.201. The second kappa shape index (κ2) is 8.18. The van der Waals surface area contributed by atoms with Gasteiger partial charge in [-0.05, 0) is 16.9 Å². The summed E-state index contributed by atoms with van der Waals surface area (Å²) < 4.78 is 9.77.